The molecule has 1 aromatic carbocycles. The van der Waals surface area contributed by atoms with Crippen LogP contribution < -0.4 is 4.74 Å². The van der Waals surface area contributed by atoms with Gasteiger partial charge in [0.05, 0.1) is 9.50 Å². The van der Waals surface area contributed by atoms with Crippen LogP contribution in [-0.2, 0) is 0 Å². The fraction of sp³-hybridized carbons (Fsp3) is 0.143. The Balaban J connectivity index is 3.04. The molecular formula is C7H3Br2ClF2O. The summed E-state index contributed by atoms with van der Waals surface area (Å²) < 4.78 is 28.8. The second-order valence-corrected chi connectivity index (χ2v) is 4.08. The predicted molar refractivity (Wildman–Crippen MR) is 53.5 cm³/mol. The largest absolute Gasteiger partial charge is 0.434 e. The maximum atomic E-state index is 11.8. The number of hydrogen-bond acceptors (Lipinski definition) is 1. The van der Waals surface area contributed by atoms with Crippen molar-refractivity contribution < 1.29 is 13.5 Å². The second-order valence-electron chi connectivity index (χ2n) is 2.05. The van der Waals surface area contributed by atoms with Crippen LogP contribution in [0.4, 0.5) is 8.78 Å². The van der Waals surface area contributed by atoms with Gasteiger partial charge in [0.1, 0.15) is 5.75 Å². The number of halogens is 5. The van der Waals surface area contributed by atoms with Gasteiger partial charge in [0.15, 0.2) is 0 Å². The van der Waals surface area contributed by atoms with Crippen LogP contribution in [-0.4, -0.2) is 6.61 Å². The van der Waals surface area contributed by atoms with Crippen molar-refractivity contribution in [3.8, 4) is 5.75 Å². The maximum absolute atomic E-state index is 11.8. The number of ether oxygens (including phenoxy) is 1. The summed E-state index contributed by atoms with van der Waals surface area (Å²) >= 11 is 11.9. The first-order chi connectivity index (χ1) is 6.02. The zero-order chi connectivity index (χ0) is 10.0. The summed E-state index contributed by atoms with van der Waals surface area (Å²) in [5.41, 5.74) is 0. The zero-order valence-electron chi connectivity index (χ0n) is 6.03. The minimum atomic E-state index is -2.85. The van der Waals surface area contributed by atoms with Crippen molar-refractivity contribution in [2.24, 2.45) is 0 Å². The lowest BCUT2D eigenvalue weighted by atomic mass is 10.3. The lowest BCUT2D eigenvalue weighted by Gasteiger charge is -2.08. The van der Waals surface area contributed by atoms with Gasteiger partial charge in [0.2, 0.25) is 0 Å². The van der Waals surface area contributed by atoms with Gasteiger partial charge in [-0.25, -0.2) is 0 Å². The molecule has 0 radical (unpaired) electrons. The Labute approximate surface area is 95.3 Å². The quantitative estimate of drug-likeness (QED) is 0.724. The lowest BCUT2D eigenvalue weighted by molar-refractivity contribution is -0.0503. The minimum Gasteiger partial charge on any atom is -0.434 e. The van der Waals surface area contributed by atoms with Gasteiger partial charge < -0.3 is 4.74 Å². The summed E-state index contributed by atoms with van der Waals surface area (Å²) in [6.45, 7) is -2.85. The van der Waals surface area contributed by atoms with Crippen molar-refractivity contribution in [3.63, 3.8) is 0 Å². The summed E-state index contributed by atoms with van der Waals surface area (Å²) in [6.07, 6.45) is 0. The second kappa shape index (κ2) is 4.57. The highest BCUT2D eigenvalue weighted by Gasteiger charge is 2.12. The molecule has 0 fully saturated rings. The average molecular weight is 336 g/mol. The van der Waals surface area contributed by atoms with Crippen molar-refractivity contribution in [1.29, 1.82) is 0 Å². The van der Waals surface area contributed by atoms with Crippen molar-refractivity contribution in [2.75, 3.05) is 0 Å². The standard InChI is InChI=1S/C7H3Br2ClF2O/c8-3-1-2-4(13-7(11)12)5(9)6(3)10/h1-2,7H. The molecule has 1 aromatic rings. The molecule has 0 spiro atoms. The lowest BCUT2D eigenvalue weighted by Crippen LogP contribution is -2.02. The Morgan fingerprint density at radius 3 is 2.46 bits per heavy atom. The van der Waals surface area contributed by atoms with Gasteiger partial charge in [-0.2, -0.15) is 8.78 Å². The highest BCUT2D eigenvalue weighted by atomic mass is 79.9. The van der Waals surface area contributed by atoms with Crippen molar-refractivity contribution in [3.05, 3.63) is 26.1 Å². The van der Waals surface area contributed by atoms with E-state index in [1.54, 1.807) is 0 Å². The Kier molecular flexibility index (Phi) is 3.94. The molecule has 0 N–H and O–H groups in total. The fourth-order valence-corrected chi connectivity index (χ4v) is 1.89. The maximum Gasteiger partial charge on any atom is 0.387 e. The van der Waals surface area contributed by atoms with Crippen molar-refractivity contribution in [1.82, 2.24) is 0 Å². The molecule has 0 aliphatic carbocycles. The Bertz CT molecular complexity index is 320. The van der Waals surface area contributed by atoms with Gasteiger partial charge in [-0.15, -0.1) is 0 Å². The molecule has 0 heterocycles. The summed E-state index contributed by atoms with van der Waals surface area (Å²) in [5, 5.41) is 0.304. The fourth-order valence-electron chi connectivity index (χ4n) is 0.695. The van der Waals surface area contributed by atoms with Crippen molar-refractivity contribution >= 4 is 43.5 Å². The summed E-state index contributed by atoms with van der Waals surface area (Å²) in [5.74, 6) is 0.0169. The average Bonchev–Trinajstić information content (AvgIpc) is 2.06. The van der Waals surface area contributed by atoms with Crippen LogP contribution in [0.25, 0.3) is 0 Å². The molecule has 0 saturated carbocycles. The van der Waals surface area contributed by atoms with Crippen LogP contribution in [0.2, 0.25) is 5.02 Å². The first-order valence-corrected chi connectivity index (χ1v) is 5.07. The smallest absolute Gasteiger partial charge is 0.387 e. The summed E-state index contributed by atoms with van der Waals surface area (Å²) in [4.78, 5) is 0. The first kappa shape index (κ1) is 11.2. The van der Waals surface area contributed by atoms with E-state index in [9.17, 15) is 8.78 Å². The van der Waals surface area contributed by atoms with Gasteiger partial charge in [-0.05, 0) is 44.0 Å². The highest BCUT2D eigenvalue weighted by Crippen LogP contribution is 2.37. The van der Waals surface area contributed by atoms with E-state index in [0.717, 1.165) is 0 Å². The minimum absolute atomic E-state index is 0.0169. The molecule has 13 heavy (non-hydrogen) atoms. The summed E-state index contributed by atoms with van der Waals surface area (Å²) in [6, 6.07) is 2.93. The normalized spacial score (nSPS) is 10.6. The third kappa shape index (κ3) is 2.79. The van der Waals surface area contributed by atoms with E-state index in [1.807, 2.05) is 0 Å². The molecule has 0 aliphatic rings. The Morgan fingerprint density at radius 2 is 1.92 bits per heavy atom. The molecule has 6 heteroatoms. The van der Waals surface area contributed by atoms with E-state index in [2.05, 4.69) is 36.6 Å². The van der Waals surface area contributed by atoms with Crippen molar-refractivity contribution in [2.45, 2.75) is 6.61 Å². The number of alkyl halides is 2. The van der Waals surface area contributed by atoms with Gasteiger partial charge in [0, 0.05) is 4.47 Å². The van der Waals surface area contributed by atoms with E-state index in [1.165, 1.54) is 12.1 Å². The van der Waals surface area contributed by atoms with Gasteiger partial charge in [-0.1, -0.05) is 11.6 Å². The van der Waals surface area contributed by atoms with Gasteiger partial charge >= 0.3 is 6.61 Å². The van der Waals surface area contributed by atoms with Crippen LogP contribution in [0.3, 0.4) is 0 Å². The van der Waals surface area contributed by atoms with Crippen LogP contribution in [0, 0.1) is 0 Å². The number of rotatable bonds is 2. The van der Waals surface area contributed by atoms with Crippen LogP contribution in [0.1, 0.15) is 0 Å². The van der Waals surface area contributed by atoms with Crippen LogP contribution >= 0.6 is 43.5 Å². The molecule has 0 aliphatic heterocycles. The molecule has 0 atom stereocenters. The zero-order valence-corrected chi connectivity index (χ0v) is 9.96. The Morgan fingerprint density at radius 1 is 1.31 bits per heavy atom. The molecule has 0 saturated heterocycles. The molecule has 1 rings (SSSR count). The summed E-state index contributed by atoms with van der Waals surface area (Å²) in [7, 11) is 0. The monoisotopic (exact) mass is 334 g/mol. The van der Waals surface area contributed by atoms with Gasteiger partial charge in [0.25, 0.3) is 0 Å². The molecular weight excluding hydrogens is 333 g/mol. The number of hydrogen-bond donors (Lipinski definition) is 0. The molecule has 0 bridgehead atoms. The van der Waals surface area contributed by atoms with E-state index in [4.69, 9.17) is 11.6 Å². The topological polar surface area (TPSA) is 9.23 Å². The molecule has 72 valence electrons. The number of benzene rings is 1. The van der Waals surface area contributed by atoms with E-state index < -0.39 is 6.61 Å². The van der Waals surface area contributed by atoms with Crippen LogP contribution in [0.5, 0.6) is 5.75 Å². The third-order valence-corrected chi connectivity index (χ3v) is 3.51. The predicted octanol–water partition coefficient (Wildman–Crippen LogP) is 4.47. The molecule has 0 aromatic heterocycles. The molecule has 1 nitrogen and oxygen atoms in total. The molecule has 0 unspecified atom stereocenters. The SMILES string of the molecule is FC(F)Oc1ccc(Br)c(Cl)c1Br. The first-order valence-electron chi connectivity index (χ1n) is 3.10. The van der Waals surface area contributed by atoms with E-state index in [0.29, 0.717) is 14.0 Å². The van der Waals surface area contributed by atoms with E-state index in [-0.39, 0.29) is 5.75 Å². The third-order valence-electron chi connectivity index (χ3n) is 1.22. The Hall–Kier alpha value is 0.130. The van der Waals surface area contributed by atoms with Gasteiger partial charge in [-0.3, -0.25) is 0 Å². The van der Waals surface area contributed by atoms with Crippen LogP contribution in [0.15, 0.2) is 21.1 Å². The van der Waals surface area contributed by atoms with E-state index >= 15 is 0 Å². The highest BCUT2D eigenvalue weighted by molar-refractivity contribution is 9.11. The molecule has 0 amide bonds.